The number of rotatable bonds is 9. The molecule has 138 valence electrons. The monoisotopic (exact) mass is 360 g/mol. The number of hydrogen-bond acceptors (Lipinski definition) is 5. The Morgan fingerprint density at radius 3 is 2.33 bits per heavy atom. The fraction of sp³-hybridized carbons (Fsp3) is 0.588. The summed E-state index contributed by atoms with van der Waals surface area (Å²) in [5, 5.41) is 15.8. The molecule has 0 aromatic heterocycles. The molecule has 7 heteroatoms. The summed E-state index contributed by atoms with van der Waals surface area (Å²) in [5.74, 6) is 0.804. The summed E-state index contributed by atoms with van der Waals surface area (Å²) >= 11 is 0. The Morgan fingerprint density at radius 2 is 1.79 bits per heavy atom. The van der Waals surface area contributed by atoms with Gasteiger partial charge in [0.05, 0.1) is 0 Å². The van der Waals surface area contributed by atoms with Crippen molar-refractivity contribution in [1.29, 1.82) is 0 Å². The van der Waals surface area contributed by atoms with Crippen molar-refractivity contribution in [3.05, 3.63) is 24.3 Å². The minimum atomic E-state index is -0.634. The van der Waals surface area contributed by atoms with Gasteiger partial charge in [-0.1, -0.05) is 12.1 Å². The van der Waals surface area contributed by atoms with Crippen LogP contribution in [0.1, 0.15) is 27.7 Å². The molecule has 0 radical (unpaired) electrons. The van der Waals surface area contributed by atoms with E-state index in [1.807, 2.05) is 33.8 Å². The van der Waals surface area contributed by atoms with E-state index in [4.69, 9.17) is 9.47 Å². The van der Waals surface area contributed by atoms with E-state index in [0.717, 1.165) is 0 Å². The molecule has 1 unspecified atom stereocenters. The largest absolute Gasteiger partial charge is 0.487 e. The normalized spacial score (nSPS) is 12.0. The Labute approximate surface area is 150 Å². The van der Waals surface area contributed by atoms with Crippen LogP contribution in [0.2, 0.25) is 0 Å². The minimum absolute atomic E-state index is 0. The number of amides is 1. The molecule has 1 rings (SSSR count). The molecule has 1 amide bonds. The molecule has 0 saturated heterocycles. The first kappa shape index (κ1) is 22.5. The predicted octanol–water partition coefficient (Wildman–Crippen LogP) is 1.75. The van der Waals surface area contributed by atoms with Crippen molar-refractivity contribution >= 4 is 18.3 Å². The number of likely N-dealkylation sites (N-methyl/N-ethyl adjacent to an activating group) is 1. The van der Waals surface area contributed by atoms with Gasteiger partial charge in [0.25, 0.3) is 5.91 Å². The van der Waals surface area contributed by atoms with Crippen molar-refractivity contribution in [1.82, 2.24) is 10.6 Å². The molecular formula is C17H29ClN2O4. The van der Waals surface area contributed by atoms with Crippen LogP contribution in [-0.2, 0) is 4.79 Å². The van der Waals surface area contributed by atoms with E-state index in [1.54, 1.807) is 18.2 Å². The predicted molar refractivity (Wildman–Crippen MR) is 97.1 cm³/mol. The Balaban J connectivity index is 0.00000529. The molecule has 0 aliphatic heterocycles. The van der Waals surface area contributed by atoms with E-state index >= 15 is 0 Å². The average Bonchev–Trinajstić information content (AvgIpc) is 2.49. The number of benzene rings is 1. The molecule has 0 bridgehead atoms. The van der Waals surface area contributed by atoms with Gasteiger partial charge in [-0.25, -0.2) is 0 Å². The number of halogens is 1. The maximum absolute atomic E-state index is 11.4. The van der Waals surface area contributed by atoms with E-state index in [2.05, 4.69) is 10.6 Å². The zero-order valence-electron chi connectivity index (χ0n) is 14.8. The van der Waals surface area contributed by atoms with E-state index in [1.165, 1.54) is 0 Å². The van der Waals surface area contributed by atoms with Crippen LogP contribution in [0.4, 0.5) is 0 Å². The van der Waals surface area contributed by atoms with Crippen LogP contribution in [-0.4, -0.2) is 49.0 Å². The first-order valence-corrected chi connectivity index (χ1v) is 7.86. The molecule has 0 heterocycles. The average molecular weight is 361 g/mol. The van der Waals surface area contributed by atoms with Crippen molar-refractivity contribution in [3.8, 4) is 11.5 Å². The number of β-amino-alcohol motifs (C(OH)–C–C–N with tert-alkyl or cyclic N) is 1. The standard InChI is InChI=1S/C17H28N2O4.ClH/c1-5-18-16(21)12-23-15-9-7-6-8-14(15)22-11-13(20)10-19-17(2,3)4;/h6-9,13,19-20H,5,10-12H2,1-4H3,(H,18,21);1H. The van der Waals surface area contributed by atoms with E-state index in [0.29, 0.717) is 24.6 Å². The Bertz CT molecular complexity index is 492. The molecule has 0 aliphatic carbocycles. The second-order valence-electron chi connectivity index (χ2n) is 6.28. The van der Waals surface area contributed by atoms with Crippen LogP contribution < -0.4 is 20.1 Å². The van der Waals surface area contributed by atoms with Crippen molar-refractivity contribution < 1.29 is 19.4 Å². The lowest BCUT2D eigenvalue weighted by Gasteiger charge is -2.23. The Morgan fingerprint density at radius 1 is 1.21 bits per heavy atom. The lowest BCUT2D eigenvalue weighted by Crippen LogP contribution is -2.42. The van der Waals surface area contributed by atoms with Crippen LogP contribution in [0, 0.1) is 0 Å². The second kappa shape index (κ2) is 11.1. The van der Waals surface area contributed by atoms with Gasteiger partial charge in [0.2, 0.25) is 0 Å². The van der Waals surface area contributed by atoms with Crippen LogP contribution >= 0.6 is 12.4 Å². The number of nitrogens with one attached hydrogen (secondary N) is 2. The third-order valence-electron chi connectivity index (χ3n) is 2.88. The minimum Gasteiger partial charge on any atom is -0.487 e. The van der Waals surface area contributed by atoms with Crippen LogP contribution in [0.3, 0.4) is 0 Å². The van der Waals surface area contributed by atoms with Gasteiger partial charge in [-0.15, -0.1) is 12.4 Å². The highest BCUT2D eigenvalue weighted by Gasteiger charge is 2.14. The fourth-order valence-corrected chi connectivity index (χ4v) is 1.75. The van der Waals surface area contributed by atoms with E-state index in [9.17, 15) is 9.90 Å². The number of carbonyl (C=O) groups is 1. The maximum atomic E-state index is 11.4. The van der Waals surface area contributed by atoms with Gasteiger partial charge in [-0.3, -0.25) is 4.79 Å². The Kier molecular flexibility index (Phi) is 10.4. The summed E-state index contributed by atoms with van der Waals surface area (Å²) in [4.78, 5) is 11.4. The highest BCUT2D eigenvalue weighted by atomic mass is 35.5. The molecule has 6 nitrogen and oxygen atoms in total. The van der Waals surface area contributed by atoms with Crippen molar-refractivity contribution in [3.63, 3.8) is 0 Å². The van der Waals surface area contributed by atoms with Gasteiger partial charge in [0.15, 0.2) is 18.1 Å². The summed E-state index contributed by atoms with van der Waals surface area (Å²) in [6, 6.07) is 7.09. The van der Waals surface area contributed by atoms with E-state index in [-0.39, 0.29) is 37.1 Å². The van der Waals surface area contributed by atoms with Gasteiger partial charge in [0.1, 0.15) is 12.7 Å². The van der Waals surface area contributed by atoms with Crippen LogP contribution in [0.15, 0.2) is 24.3 Å². The second-order valence-corrected chi connectivity index (χ2v) is 6.28. The maximum Gasteiger partial charge on any atom is 0.257 e. The van der Waals surface area contributed by atoms with Gasteiger partial charge in [-0.05, 0) is 39.8 Å². The molecule has 0 spiro atoms. The number of aliphatic hydroxyl groups is 1. The van der Waals surface area contributed by atoms with Crippen molar-refractivity contribution in [2.75, 3.05) is 26.3 Å². The molecule has 0 fully saturated rings. The number of carbonyl (C=O) groups excluding carboxylic acids is 1. The summed E-state index contributed by atoms with van der Waals surface area (Å²) in [6.45, 7) is 9.02. The van der Waals surface area contributed by atoms with Crippen molar-refractivity contribution in [2.24, 2.45) is 0 Å². The van der Waals surface area contributed by atoms with Gasteiger partial charge in [0, 0.05) is 18.6 Å². The lowest BCUT2D eigenvalue weighted by atomic mass is 10.1. The lowest BCUT2D eigenvalue weighted by molar-refractivity contribution is -0.123. The van der Waals surface area contributed by atoms with Gasteiger partial charge < -0.3 is 25.2 Å². The number of ether oxygens (including phenoxy) is 2. The molecule has 1 aromatic carbocycles. The Hall–Kier alpha value is -1.50. The third kappa shape index (κ3) is 9.60. The SMILES string of the molecule is CCNC(=O)COc1ccccc1OCC(O)CNC(C)(C)C.Cl. The zero-order valence-corrected chi connectivity index (χ0v) is 15.6. The van der Waals surface area contributed by atoms with Crippen molar-refractivity contribution in [2.45, 2.75) is 39.3 Å². The fourth-order valence-electron chi connectivity index (χ4n) is 1.75. The van der Waals surface area contributed by atoms with Crippen LogP contribution in [0.5, 0.6) is 11.5 Å². The van der Waals surface area contributed by atoms with E-state index < -0.39 is 6.10 Å². The highest BCUT2D eigenvalue weighted by Crippen LogP contribution is 2.26. The number of aliphatic hydroxyl groups excluding tert-OH is 1. The summed E-state index contributed by atoms with van der Waals surface area (Å²) in [5.41, 5.74) is -0.0609. The molecular weight excluding hydrogens is 332 g/mol. The van der Waals surface area contributed by atoms with Gasteiger partial charge in [-0.2, -0.15) is 0 Å². The summed E-state index contributed by atoms with van der Waals surface area (Å²) in [7, 11) is 0. The quantitative estimate of drug-likeness (QED) is 0.625. The first-order valence-electron chi connectivity index (χ1n) is 7.86. The zero-order chi connectivity index (χ0) is 17.3. The topological polar surface area (TPSA) is 79.8 Å². The third-order valence-corrected chi connectivity index (χ3v) is 2.88. The molecule has 1 aromatic rings. The molecule has 1 atom stereocenters. The molecule has 0 saturated carbocycles. The number of hydrogen-bond donors (Lipinski definition) is 3. The highest BCUT2D eigenvalue weighted by molar-refractivity contribution is 5.85. The van der Waals surface area contributed by atoms with Crippen LogP contribution in [0.25, 0.3) is 0 Å². The molecule has 24 heavy (non-hydrogen) atoms. The summed E-state index contributed by atoms with van der Waals surface area (Å²) < 4.78 is 11.1. The number of para-hydroxylation sites is 2. The first-order chi connectivity index (χ1) is 10.8. The molecule has 3 N–H and O–H groups in total. The van der Waals surface area contributed by atoms with Gasteiger partial charge >= 0.3 is 0 Å². The molecule has 0 aliphatic rings. The summed E-state index contributed by atoms with van der Waals surface area (Å²) in [6.07, 6.45) is -0.634. The smallest absolute Gasteiger partial charge is 0.257 e.